The van der Waals surface area contributed by atoms with Crippen LogP contribution in [0.3, 0.4) is 0 Å². The molecular formula is C18H18ClNO4. The number of fused-ring (bicyclic) bond motifs is 1. The van der Waals surface area contributed by atoms with E-state index in [1.807, 2.05) is 42.5 Å². The number of hydrogen-bond acceptors (Lipinski definition) is 4. The molecule has 0 atom stereocenters. The lowest BCUT2D eigenvalue weighted by atomic mass is 10.1. The number of halogens is 1. The zero-order chi connectivity index (χ0) is 16.8. The minimum Gasteiger partial charge on any atom is -0.486 e. The molecule has 2 aromatic rings. The van der Waals surface area contributed by atoms with Gasteiger partial charge in [-0.05, 0) is 36.2 Å². The van der Waals surface area contributed by atoms with Gasteiger partial charge in [0.2, 0.25) is 0 Å². The SMILES string of the molecule is O=C(COc1ccccc1)NCCc1cc(Cl)c2c(c1)OCCO2. The quantitative estimate of drug-likeness (QED) is 0.873. The summed E-state index contributed by atoms with van der Waals surface area (Å²) in [5.41, 5.74) is 0.980. The van der Waals surface area contributed by atoms with Crippen LogP contribution in [-0.4, -0.2) is 32.3 Å². The molecule has 126 valence electrons. The molecule has 0 radical (unpaired) electrons. The Labute approximate surface area is 145 Å². The van der Waals surface area contributed by atoms with Gasteiger partial charge in [0.25, 0.3) is 5.91 Å². The van der Waals surface area contributed by atoms with Crippen molar-refractivity contribution >= 4 is 17.5 Å². The van der Waals surface area contributed by atoms with Crippen LogP contribution in [-0.2, 0) is 11.2 Å². The summed E-state index contributed by atoms with van der Waals surface area (Å²) in [6.07, 6.45) is 0.646. The predicted octanol–water partition coefficient (Wildman–Crippen LogP) is 2.85. The Balaban J connectivity index is 1.46. The van der Waals surface area contributed by atoms with Crippen molar-refractivity contribution < 1.29 is 19.0 Å². The number of para-hydroxylation sites is 1. The third-order valence-electron chi connectivity index (χ3n) is 3.51. The van der Waals surface area contributed by atoms with Crippen molar-refractivity contribution in [2.24, 2.45) is 0 Å². The van der Waals surface area contributed by atoms with Crippen molar-refractivity contribution in [3.8, 4) is 17.2 Å². The van der Waals surface area contributed by atoms with Gasteiger partial charge in [0, 0.05) is 6.54 Å². The third-order valence-corrected chi connectivity index (χ3v) is 3.79. The first-order valence-electron chi connectivity index (χ1n) is 7.75. The Morgan fingerprint density at radius 2 is 1.96 bits per heavy atom. The van der Waals surface area contributed by atoms with Gasteiger partial charge in [-0.3, -0.25) is 4.79 Å². The molecule has 2 aromatic carbocycles. The van der Waals surface area contributed by atoms with Gasteiger partial charge in [-0.15, -0.1) is 0 Å². The average molecular weight is 348 g/mol. The molecule has 1 heterocycles. The number of ether oxygens (including phenoxy) is 3. The van der Waals surface area contributed by atoms with Crippen LogP contribution in [0, 0.1) is 0 Å². The Bertz CT molecular complexity index is 706. The fourth-order valence-electron chi connectivity index (χ4n) is 2.37. The maximum Gasteiger partial charge on any atom is 0.257 e. The zero-order valence-electron chi connectivity index (χ0n) is 13.1. The highest BCUT2D eigenvalue weighted by molar-refractivity contribution is 6.32. The summed E-state index contributed by atoms with van der Waals surface area (Å²) >= 11 is 6.19. The van der Waals surface area contributed by atoms with E-state index in [1.54, 1.807) is 0 Å². The van der Waals surface area contributed by atoms with Crippen molar-refractivity contribution in [3.63, 3.8) is 0 Å². The van der Waals surface area contributed by atoms with E-state index < -0.39 is 0 Å². The monoisotopic (exact) mass is 347 g/mol. The van der Waals surface area contributed by atoms with Gasteiger partial charge in [0.15, 0.2) is 18.1 Å². The molecule has 24 heavy (non-hydrogen) atoms. The summed E-state index contributed by atoms with van der Waals surface area (Å²) < 4.78 is 16.4. The predicted molar refractivity (Wildman–Crippen MR) is 91.1 cm³/mol. The van der Waals surface area contributed by atoms with E-state index in [0.717, 1.165) is 5.56 Å². The average Bonchev–Trinajstić information content (AvgIpc) is 2.61. The maximum absolute atomic E-state index is 11.8. The second kappa shape index (κ2) is 7.93. The molecule has 1 aliphatic rings. The largest absolute Gasteiger partial charge is 0.486 e. The van der Waals surface area contributed by atoms with Crippen LogP contribution in [0.1, 0.15) is 5.56 Å². The molecule has 0 aromatic heterocycles. The first kappa shape index (κ1) is 16.5. The van der Waals surface area contributed by atoms with Crippen molar-refractivity contribution in [1.82, 2.24) is 5.32 Å². The van der Waals surface area contributed by atoms with Gasteiger partial charge >= 0.3 is 0 Å². The molecule has 3 rings (SSSR count). The normalized spacial score (nSPS) is 12.5. The number of nitrogens with one attached hydrogen (secondary N) is 1. The third kappa shape index (κ3) is 4.32. The molecule has 0 aliphatic carbocycles. The Hall–Kier alpha value is -2.40. The topological polar surface area (TPSA) is 56.8 Å². The highest BCUT2D eigenvalue weighted by atomic mass is 35.5. The van der Waals surface area contributed by atoms with Crippen LogP contribution in [0.4, 0.5) is 0 Å². The smallest absolute Gasteiger partial charge is 0.257 e. The Morgan fingerprint density at radius 1 is 1.17 bits per heavy atom. The molecule has 0 bridgehead atoms. The van der Waals surface area contributed by atoms with Gasteiger partial charge in [-0.2, -0.15) is 0 Å². The number of carbonyl (C=O) groups excluding carboxylic acids is 1. The zero-order valence-corrected chi connectivity index (χ0v) is 13.8. The van der Waals surface area contributed by atoms with E-state index in [9.17, 15) is 4.79 Å². The molecule has 0 saturated carbocycles. The second-order valence-electron chi connectivity index (χ2n) is 5.30. The van der Waals surface area contributed by atoms with E-state index in [1.165, 1.54) is 0 Å². The molecule has 5 nitrogen and oxygen atoms in total. The number of carbonyl (C=O) groups is 1. The highest BCUT2D eigenvalue weighted by Gasteiger charge is 2.16. The minimum atomic E-state index is -0.164. The molecule has 1 amide bonds. The van der Waals surface area contributed by atoms with Gasteiger partial charge in [-0.25, -0.2) is 0 Å². The van der Waals surface area contributed by atoms with E-state index in [4.69, 9.17) is 25.8 Å². The molecule has 1 N–H and O–H groups in total. The van der Waals surface area contributed by atoms with Crippen molar-refractivity contribution in [2.45, 2.75) is 6.42 Å². The Kier molecular flexibility index (Phi) is 5.43. The van der Waals surface area contributed by atoms with Crippen LogP contribution >= 0.6 is 11.6 Å². The number of hydrogen-bond donors (Lipinski definition) is 1. The fourth-order valence-corrected chi connectivity index (χ4v) is 2.66. The van der Waals surface area contributed by atoms with Gasteiger partial charge in [0.05, 0.1) is 5.02 Å². The van der Waals surface area contributed by atoms with Gasteiger partial charge in [-0.1, -0.05) is 29.8 Å². The van der Waals surface area contributed by atoms with Crippen LogP contribution in [0.5, 0.6) is 17.2 Å². The lowest BCUT2D eigenvalue weighted by Crippen LogP contribution is -2.30. The molecule has 6 heteroatoms. The van der Waals surface area contributed by atoms with E-state index >= 15 is 0 Å². The van der Waals surface area contributed by atoms with Crippen LogP contribution < -0.4 is 19.5 Å². The van der Waals surface area contributed by atoms with Crippen LogP contribution in [0.2, 0.25) is 5.02 Å². The molecular weight excluding hydrogens is 330 g/mol. The van der Waals surface area contributed by atoms with E-state index in [-0.39, 0.29) is 12.5 Å². The molecule has 0 saturated heterocycles. The number of rotatable bonds is 6. The van der Waals surface area contributed by atoms with Crippen molar-refractivity contribution in [3.05, 3.63) is 53.1 Å². The lowest BCUT2D eigenvalue weighted by molar-refractivity contribution is -0.123. The van der Waals surface area contributed by atoms with Crippen molar-refractivity contribution in [2.75, 3.05) is 26.4 Å². The minimum absolute atomic E-state index is 0.00803. The summed E-state index contributed by atoms with van der Waals surface area (Å²) in [6.45, 7) is 1.50. The van der Waals surface area contributed by atoms with Crippen LogP contribution in [0.25, 0.3) is 0 Å². The standard InChI is InChI=1S/C18H18ClNO4/c19-15-10-13(11-16-18(15)23-9-8-22-16)6-7-20-17(21)12-24-14-4-2-1-3-5-14/h1-5,10-11H,6-9,12H2,(H,20,21). The molecule has 1 aliphatic heterocycles. The summed E-state index contributed by atoms with van der Waals surface area (Å²) in [4.78, 5) is 11.8. The lowest BCUT2D eigenvalue weighted by Gasteiger charge is -2.20. The van der Waals surface area contributed by atoms with E-state index in [2.05, 4.69) is 5.32 Å². The first-order valence-corrected chi connectivity index (χ1v) is 8.13. The highest BCUT2D eigenvalue weighted by Crippen LogP contribution is 2.38. The fraction of sp³-hybridized carbons (Fsp3) is 0.278. The summed E-state index contributed by atoms with van der Waals surface area (Å²) in [7, 11) is 0. The number of benzene rings is 2. The second-order valence-corrected chi connectivity index (χ2v) is 5.71. The van der Waals surface area contributed by atoms with E-state index in [0.29, 0.717) is 48.5 Å². The Morgan fingerprint density at radius 3 is 2.79 bits per heavy atom. The van der Waals surface area contributed by atoms with Crippen LogP contribution in [0.15, 0.2) is 42.5 Å². The van der Waals surface area contributed by atoms with Gasteiger partial charge in [0.1, 0.15) is 19.0 Å². The van der Waals surface area contributed by atoms with Gasteiger partial charge < -0.3 is 19.5 Å². The summed E-state index contributed by atoms with van der Waals surface area (Å²) in [5, 5.41) is 3.35. The molecule has 0 unspecified atom stereocenters. The summed E-state index contributed by atoms with van der Waals surface area (Å²) in [6, 6.07) is 13.0. The summed E-state index contributed by atoms with van der Waals surface area (Å²) in [5.74, 6) is 1.75. The van der Waals surface area contributed by atoms with Crippen molar-refractivity contribution in [1.29, 1.82) is 0 Å². The first-order chi connectivity index (χ1) is 11.7. The maximum atomic E-state index is 11.8. The molecule has 0 fully saturated rings. The molecule has 0 spiro atoms. The number of amides is 1.